The van der Waals surface area contributed by atoms with Gasteiger partial charge < -0.3 is 0 Å². The van der Waals surface area contributed by atoms with E-state index in [2.05, 4.69) is 0 Å². The Balaban J connectivity index is 2.32. The molecule has 1 radical (unpaired) electrons. The molecule has 0 spiro atoms. The summed E-state index contributed by atoms with van der Waals surface area (Å²) in [6, 6.07) is 0. The van der Waals surface area contributed by atoms with Crippen molar-refractivity contribution in [3.05, 3.63) is 3.35 Å². The SMILES string of the molecule is C[C](O)[Na]. The summed E-state index contributed by atoms with van der Waals surface area (Å²) in [7, 11) is 0. The van der Waals surface area contributed by atoms with E-state index in [1.165, 1.54) is 0 Å². The average molecular weight is 67.0 g/mol. The topological polar surface area (TPSA) is 20.2 Å². The van der Waals surface area contributed by atoms with Crippen molar-refractivity contribution in [2.45, 2.75) is 6.92 Å². The van der Waals surface area contributed by atoms with Crippen molar-refractivity contribution >= 4 is 27.9 Å². The molecule has 0 fully saturated rings. The van der Waals surface area contributed by atoms with E-state index >= 15 is 0 Å². The fourth-order valence-corrected chi connectivity index (χ4v) is 0. The molecule has 0 saturated carbocycles. The van der Waals surface area contributed by atoms with E-state index in [-0.39, 0.29) is 0 Å². The third-order valence-electron chi connectivity index (χ3n) is 0. The zero-order valence-electron chi connectivity index (χ0n) is 2.95. The second-order valence-electron chi connectivity index (χ2n) is 0.947. The summed E-state index contributed by atoms with van der Waals surface area (Å²) >= 11 is 0.821. The van der Waals surface area contributed by atoms with Crippen LogP contribution in [0.3, 0.4) is 0 Å². The van der Waals surface area contributed by atoms with Gasteiger partial charge in [0.2, 0.25) is 0 Å². The maximum atomic E-state index is 8.03. The Morgan fingerprint density at radius 2 is 2.00 bits per heavy atom. The van der Waals surface area contributed by atoms with Crippen molar-refractivity contribution in [1.82, 2.24) is 0 Å². The molecule has 0 aromatic heterocycles. The molecule has 2 heteroatoms. The third kappa shape index (κ3) is 12.3. The molecule has 0 unspecified atom stereocenters. The molecular weight excluding hydrogens is 63.0 g/mol. The van der Waals surface area contributed by atoms with Gasteiger partial charge in [-0.1, -0.05) is 0 Å². The van der Waals surface area contributed by atoms with E-state index in [9.17, 15) is 0 Å². The molecule has 0 atom stereocenters. The van der Waals surface area contributed by atoms with Crippen LogP contribution in [-0.2, 0) is 0 Å². The van der Waals surface area contributed by atoms with Crippen molar-refractivity contribution in [1.29, 1.82) is 0 Å². The number of aliphatic hydroxyl groups excluding tert-OH is 1. The maximum absolute atomic E-state index is 8.03. The summed E-state index contributed by atoms with van der Waals surface area (Å²) in [4.78, 5) is 0. The van der Waals surface area contributed by atoms with Crippen LogP contribution < -0.4 is 0 Å². The molecule has 0 rings (SSSR count). The summed E-state index contributed by atoms with van der Waals surface area (Å²) in [5.41, 5.74) is 0. The first-order valence-corrected chi connectivity index (χ1v) is 2.22. The van der Waals surface area contributed by atoms with Crippen LogP contribution in [0, 0.1) is 3.35 Å². The van der Waals surface area contributed by atoms with E-state index in [1.54, 1.807) is 6.92 Å². The number of hydrogen-bond donors (Lipinski definition) is 1. The Morgan fingerprint density at radius 1 is 2.00 bits per heavy atom. The third-order valence-corrected chi connectivity index (χ3v) is 0. The van der Waals surface area contributed by atoms with Gasteiger partial charge >= 0.3 is 43.3 Å². The van der Waals surface area contributed by atoms with Gasteiger partial charge in [0.1, 0.15) is 0 Å². The predicted octanol–water partition coefficient (Wildman–Crippen LogP) is 0.0368. The molecule has 0 aromatic carbocycles. The van der Waals surface area contributed by atoms with Gasteiger partial charge in [0.15, 0.2) is 0 Å². The van der Waals surface area contributed by atoms with Crippen LogP contribution in [0.25, 0.3) is 0 Å². The van der Waals surface area contributed by atoms with E-state index in [0.29, 0.717) is 3.35 Å². The number of hydrogen-bond acceptors (Lipinski definition) is 1. The van der Waals surface area contributed by atoms with Crippen LogP contribution in [0.5, 0.6) is 0 Å². The van der Waals surface area contributed by atoms with Crippen LogP contribution in [0.15, 0.2) is 0 Å². The molecule has 0 saturated heterocycles. The van der Waals surface area contributed by atoms with Crippen LogP contribution in [0.1, 0.15) is 6.92 Å². The second kappa shape index (κ2) is 2.21. The Bertz CT molecular complexity index is 10.8. The average Bonchev–Trinajstić information content (AvgIpc) is 0.811. The van der Waals surface area contributed by atoms with Crippen molar-refractivity contribution < 1.29 is 5.11 Å². The Labute approximate surface area is 43.4 Å². The fourth-order valence-electron chi connectivity index (χ4n) is 0. The van der Waals surface area contributed by atoms with Gasteiger partial charge in [-0.25, -0.2) is 0 Å². The van der Waals surface area contributed by atoms with Crippen molar-refractivity contribution in [3.8, 4) is 0 Å². The van der Waals surface area contributed by atoms with Gasteiger partial charge in [-0.05, 0) is 0 Å². The summed E-state index contributed by atoms with van der Waals surface area (Å²) in [5.74, 6) is 0. The van der Waals surface area contributed by atoms with Gasteiger partial charge in [0, 0.05) is 0 Å². The molecule has 0 aliphatic carbocycles. The molecule has 0 aromatic rings. The summed E-state index contributed by atoms with van der Waals surface area (Å²) < 4.78 is 0.556. The monoisotopic (exact) mass is 67.0 g/mol. The fraction of sp³-hybridized carbons (Fsp3) is 0.500. The van der Waals surface area contributed by atoms with E-state index in [4.69, 9.17) is 5.11 Å². The first kappa shape index (κ1) is 4.96. The molecule has 0 aliphatic heterocycles. The molecule has 4 heavy (non-hydrogen) atoms. The standard InChI is InChI=1S/C2H4O.Na/c1-2-3;/h3H,1H3;. The Morgan fingerprint density at radius 3 is 2.00 bits per heavy atom. The number of aliphatic hydroxyl groups is 1. The molecule has 1 nitrogen and oxygen atoms in total. The van der Waals surface area contributed by atoms with E-state index in [1.807, 2.05) is 0 Å². The molecule has 1 N–H and O–H groups in total. The van der Waals surface area contributed by atoms with Crippen LogP contribution >= 0.6 is 0 Å². The minimum absolute atomic E-state index is 0.556. The van der Waals surface area contributed by atoms with Crippen LogP contribution in [0.4, 0.5) is 0 Å². The second-order valence-corrected chi connectivity index (χ2v) is 2.39. The van der Waals surface area contributed by atoms with Crippen molar-refractivity contribution in [3.63, 3.8) is 0 Å². The summed E-state index contributed by atoms with van der Waals surface area (Å²) in [5, 5.41) is 8.03. The van der Waals surface area contributed by atoms with Gasteiger partial charge in [0.25, 0.3) is 0 Å². The first-order valence-electron chi connectivity index (χ1n) is 1.22. The van der Waals surface area contributed by atoms with E-state index < -0.39 is 0 Å². The van der Waals surface area contributed by atoms with Gasteiger partial charge in [-0.2, -0.15) is 0 Å². The zero-order chi connectivity index (χ0) is 3.58. The molecule has 0 heterocycles. The normalized spacial score (nSPS) is 9.25. The summed E-state index contributed by atoms with van der Waals surface area (Å²) in [6.45, 7) is 1.70. The summed E-state index contributed by atoms with van der Waals surface area (Å²) in [6.07, 6.45) is 0. The molecular formula is C2H4NaO. The van der Waals surface area contributed by atoms with Gasteiger partial charge in [-0.3, -0.25) is 0 Å². The van der Waals surface area contributed by atoms with Gasteiger partial charge in [0.05, 0.1) is 0 Å². The predicted molar refractivity (Wildman–Crippen MR) is 16.6 cm³/mol. The minimum atomic E-state index is 0.556. The zero-order valence-corrected chi connectivity index (χ0v) is 4.95. The van der Waals surface area contributed by atoms with Crippen molar-refractivity contribution in [2.24, 2.45) is 0 Å². The quantitative estimate of drug-likeness (QED) is 0.396. The number of rotatable bonds is 0. The molecule has 0 aliphatic rings. The molecule has 0 amide bonds. The van der Waals surface area contributed by atoms with Crippen LogP contribution in [-0.4, -0.2) is 33.0 Å². The molecule has 0 bridgehead atoms. The Kier molecular flexibility index (Phi) is 2.74. The van der Waals surface area contributed by atoms with E-state index in [0.717, 1.165) is 27.9 Å². The first-order chi connectivity index (χ1) is 1.73. The van der Waals surface area contributed by atoms with Crippen molar-refractivity contribution in [2.75, 3.05) is 0 Å². The molecule has 19 valence electrons. The Hall–Kier alpha value is 0.960. The van der Waals surface area contributed by atoms with Crippen LogP contribution in [0.2, 0.25) is 0 Å². The van der Waals surface area contributed by atoms with Gasteiger partial charge in [-0.15, -0.1) is 0 Å².